The predicted octanol–water partition coefficient (Wildman–Crippen LogP) is 3.69. The number of nitrogens with zero attached hydrogens (tertiary/aromatic N) is 2. The summed E-state index contributed by atoms with van der Waals surface area (Å²) in [6, 6.07) is 14.5. The molecular weight excluding hydrogens is 436 g/mol. The number of ether oxygens (including phenoxy) is 2. The van der Waals surface area contributed by atoms with Crippen molar-refractivity contribution in [1.29, 1.82) is 0 Å². The number of hydrogen-bond donors (Lipinski definition) is 2. The molecule has 164 valence electrons. The molecule has 0 aliphatic carbocycles. The Kier molecular flexibility index (Phi) is 8.71. The SMILES string of the molecule is CCOC(=O)N(C(N)=S)c1ccc(Cc2ccc(N(C(=O)OCC)C(N)=S)cc2)cc1. The van der Waals surface area contributed by atoms with Crippen molar-refractivity contribution < 1.29 is 19.1 Å². The van der Waals surface area contributed by atoms with Crippen molar-refractivity contribution in [3.63, 3.8) is 0 Å². The van der Waals surface area contributed by atoms with Crippen molar-refractivity contribution in [2.45, 2.75) is 20.3 Å². The number of amides is 2. The second-order valence-corrected chi connectivity index (χ2v) is 7.09. The maximum Gasteiger partial charge on any atom is 0.420 e. The minimum atomic E-state index is -0.623. The van der Waals surface area contributed by atoms with Crippen LogP contribution in [0.25, 0.3) is 0 Å². The van der Waals surface area contributed by atoms with Crippen LogP contribution in [-0.4, -0.2) is 35.6 Å². The normalized spacial score (nSPS) is 10.1. The van der Waals surface area contributed by atoms with Gasteiger partial charge in [-0.3, -0.25) is 0 Å². The monoisotopic (exact) mass is 460 g/mol. The number of anilines is 2. The standard InChI is InChI=1S/C21H24N4O4S2/c1-3-28-20(26)24(18(22)30)16-9-5-14(6-10-16)13-15-7-11-17(12-8-15)25(19(23)31)21(27)29-4-2/h5-12H,3-4,13H2,1-2H3,(H2,22,30)(H2,23,31). The third kappa shape index (κ3) is 6.37. The molecule has 0 atom stereocenters. The van der Waals surface area contributed by atoms with Gasteiger partial charge in [0.05, 0.1) is 24.6 Å². The van der Waals surface area contributed by atoms with Gasteiger partial charge in [0.1, 0.15) is 0 Å². The average Bonchev–Trinajstić information content (AvgIpc) is 2.71. The topological polar surface area (TPSA) is 111 Å². The summed E-state index contributed by atoms with van der Waals surface area (Å²) in [5.74, 6) is 0. The van der Waals surface area contributed by atoms with E-state index in [0.717, 1.165) is 20.9 Å². The Hall–Kier alpha value is -3.24. The molecule has 0 spiro atoms. The van der Waals surface area contributed by atoms with E-state index >= 15 is 0 Å². The van der Waals surface area contributed by atoms with Gasteiger partial charge in [-0.2, -0.15) is 0 Å². The number of rotatable bonds is 6. The fourth-order valence-electron chi connectivity index (χ4n) is 2.78. The predicted molar refractivity (Wildman–Crippen MR) is 128 cm³/mol. The van der Waals surface area contributed by atoms with Crippen LogP contribution in [0, 0.1) is 0 Å². The van der Waals surface area contributed by atoms with E-state index in [1.165, 1.54) is 0 Å². The Morgan fingerprint density at radius 3 is 1.32 bits per heavy atom. The fourth-order valence-corrected chi connectivity index (χ4v) is 3.14. The Balaban J connectivity index is 2.14. The molecule has 0 heterocycles. The van der Waals surface area contributed by atoms with Gasteiger partial charge in [0.15, 0.2) is 10.2 Å². The number of hydrogen-bond acceptors (Lipinski definition) is 6. The Bertz CT molecular complexity index is 871. The number of carbonyl (C=O) groups excluding carboxylic acids is 2. The zero-order valence-corrected chi connectivity index (χ0v) is 18.9. The lowest BCUT2D eigenvalue weighted by Crippen LogP contribution is -2.41. The lowest BCUT2D eigenvalue weighted by atomic mass is 10.0. The van der Waals surface area contributed by atoms with Crippen LogP contribution in [0.4, 0.5) is 21.0 Å². The number of benzene rings is 2. The maximum absolute atomic E-state index is 12.1. The number of nitrogens with two attached hydrogens (primary N) is 2. The molecule has 10 heteroatoms. The Labute approximate surface area is 191 Å². The highest BCUT2D eigenvalue weighted by atomic mass is 32.1. The molecule has 0 aromatic heterocycles. The van der Waals surface area contributed by atoms with Crippen molar-refractivity contribution in [2.75, 3.05) is 23.0 Å². The van der Waals surface area contributed by atoms with Crippen LogP contribution in [0.3, 0.4) is 0 Å². The molecule has 0 saturated carbocycles. The van der Waals surface area contributed by atoms with E-state index < -0.39 is 12.2 Å². The quantitative estimate of drug-likeness (QED) is 0.628. The molecule has 0 saturated heterocycles. The summed E-state index contributed by atoms with van der Waals surface area (Å²) in [6.07, 6.45) is -0.621. The van der Waals surface area contributed by atoms with Crippen molar-refractivity contribution in [3.8, 4) is 0 Å². The summed E-state index contributed by atoms with van der Waals surface area (Å²) in [4.78, 5) is 26.4. The van der Waals surface area contributed by atoms with Gasteiger partial charge in [0.2, 0.25) is 0 Å². The molecule has 8 nitrogen and oxygen atoms in total. The molecule has 0 unspecified atom stereocenters. The van der Waals surface area contributed by atoms with E-state index in [4.69, 9.17) is 45.4 Å². The van der Waals surface area contributed by atoms with Gasteiger partial charge >= 0.3 is 12.2 Å². The molecule has 31 heavy (non-hydrogen) atoms. The van der Waals surface area contributed by atoms with Gasteiger partial charge in [-0.05, 0) is 80.1 Å². The molecule has 2 amide bonds. The number of thiocarbonyl (C=S) groups is 2. The van der Waals surface area contributed by atoms with Crippen molar-refractivity contribution in [1.82, 2.24) is 0 Å². The summed E-state index contributed by atoms with van der Waals surface area (Å²) in [7, 11) is 0. The highest BCUT2D eigenvalue weighted by Gasteiger charge is 2.20. The van der Waals surface area contributed by atoms with Gasteiger partial charge in [-0.15, -0.1) is 0 Å². The van der Waals surface area contributed by atoms with Crippen LogP contribution in [0.5, 0.6) is 0 Å². The summed E-state index contributed by atoms with van der Waals surface area (Å²) in [6.45, 7) is 3.84. The molecular formula is C21H24N4O4S2. The fraction of sp³-hybridized carbons (Fsp3) is 0.238. The molecule has 0 radical (unpaired) electrons. The lowest BCUT2D eigenvalue weighted by molar-refractivity contribution is 0.162. The van der Waals surface area contributed by atoms with Crippen molar-refractivity contribution in [2.24, 2.45) is 11.5 Å². The zero-order valence-electron chi connectivity index (χ0n) is 17.2. The molecule has 0 aliphatic heterocycles. The van der Waals surface area contributed by atoms with Crippen LogP contribution in [0.15, 0.2) is 48.5 Å². The van der Waals surface area contributed by atoms with Gasteiger partial charge in [-0.25, -0.2) is 19.4 Å². The van der Waals surface area contributed by atoms with E-state index in [1.54, 1.807) is 38.1 Å². The third-order valence-electron chi connectivity index (χ3n) is 4.14. The highest BCUT2D eigenvalue weighted by molar-refractivity contribution is 7.80. The minimum Gasteiger partial charge on any atom is -0.449 e. The van der Waals surface area contributed by atoms with Crippen LogP contribution in [0.1, 0.15) is 25.0 Å². The minimum absolute atomic E-state index is 0.0919. The van der Waals surface area contributed by atoms with E-state index in [0.29, 0.717) is 17.8 Å². The maximum atomic E-state index is 12.1. The number of carbonyl (C=O) groups is 2. The molecule has 2 aromatic carbocycles. The van der Waals surface area contributed by atoms with Gasteiger partial charge < -0.3 is 20.9 Å². The summed E-state index contributed by atoms with van der Waals surface area (Å²) in [5.41, 5.74) is 14.4. The third-order valence-corrected chi connectivity index (χ3v) is 4.50. The first-order valence-electron chi connectivity index (χ1n) is 9.49. The first kappa shape index (κ1) is 24.0. The molecule has 0 fully saturated rings. The smallest absolute Gasteiger partial charge is 0.420 e. The van der Waals surface area contributed by atoms with E-state index in [9.17, 15) is 9.59 Å². The van der Waals surface area contributed by atoms with Crippen LogP contribution >= 0.6 is 24.4 Å². The highest BCUT2D eigenvalue weighted by Crippen LogP contribution is 2.21. The second kappa shape index (κ2) is 11.2. The first-order chi connectivity index (χ1) is 14.8. The van der Waals surface area contributed by atoms with Crippen LogP contribution in [0.2, 0.25) is 0 Å². The Morgan fingerprint density at radius 1 is 0.742 bits per heavy atom. The van der Waals surface area contributed by atoms with Gasteiger partial charge in [0, 0.05) is 0 Å². The largest absolute Gasteiger partial charge is 0.449 e. The molecule has 0 aliphatic rings. The van der Waals surface area contributed by atoms with E-state index in [1.807, 2.05) is 24.3 Å². The van der Waals surface area contributed by atoms with Crippen molar-refractivity contribution >= 4 is 58.2 Å². The van der Waals surface area contributed by atoms with Crippen molar-refractivity contribution in [3.05, 3.63) is 59.7 Å². The summed E-state index contributed by atoms with van der Waals surface area (Å²) in [5, 5.41) is -0.184. The van der Waals surface area contributed by atoms with Gasteiger partial charge in [-0.1, -0.05) is 24.3 Å². The summed E-state index contributed by atoms with van der Waals surface area (Å²) >= 11 is 9.92. The molecule has 2 rings (SSSR count). The Morgan fingerprint density at radius 2 is 1.06 bits per heavy atom. The summed E-state index contributed by atoms with van der Waals surface area (Å²) < 4.78 is 9.98. The molecule has 4 N–H and O–H groups in total. The molecule has 0 bridgehead atoms. The zero-order chi connectivity index (χ0) is 23.0. The average molecular weight is 461 g/mol. The second-order valence-electron chi connectivity index (χ2n) is 6.25. The van der Waals surface area contributed by atoms with Crippen LogP contribution < -0.4 is 21.3 Å². The van der Waals surface area contributed by atoms with E-state index in [2.05, 4.69) is 0 Å². The lowest BCUT2D eigenvalue weighted by Gasteiger charge is -2.20. The molecule has 2 aromatic rings. The first-order valence-corrected chi connectivity index (χ1v) is 10.3. The van der Waals surface area contributed by atoms with Crippen LogP contribution in [-0.2, 0) is 15.9 Å². The van der Waals surface area contributed by atoms with E-state index in [-0.39, 0.29) is 23.4 Å². The van der Waals surface area contributed by atoms with Gasteiger partial charge in [0.25, 0.3) is 0 Å².